The maximum absolute atomic E-state index is 13.0. The van der Waals surface area contributed by atoms with Crippen LogP contribution in [0.25, 0.3) is 10.9 Å². The molecule has 1 aromatic heterocycles. The molecular formula is C22H31N3O3S. The number of nitrogens with zero attached hydrogens (tertiary/aromatic N) is 3. The number of hydrogen-bond acceptors (Lipinski definition) is 5. The molecule has 1 heterocycles. The van der Waals surface area contributed by atoms with Crippen molar-refractivity contribution >= 4 is 28.6 Å². The van der Waals surface area contributed by atoms with Crippen molar-refractivity contribution in [1.82, 2.24) is 14.5 Å². The molecule has 0 unspecified atom stereocenters. The standard InChI is InChI=1S/C22H31N3O3S/c1-3-24(17-10-5-4-6-11-17)20(26)16-29-22-23-19-13-8-7-12-18(19)21(27)25(22)14-9-15-28-2/h7-8,12-13,17H,3-6,9-11,14-16H2,1-2H3. The van der Waals surface area contributed by atoms with Crippen molar-refractivity contribution in [2.24, 2.45) is 0 Å². The van der Waals surface area contributed by atoms with Gasteiger partial charge in [0, 0.05) is 32.8 Å². The lowest BCUT2D eigenvalue weighted by Crippen LogP contribution is -2.42. The first kappa shape index (κ1) is 21.8. The van der Waals surface area contributed by atoms with E-state index >= 15 is 0 Å². The molecule has 1 aliphatic carbocycles. The minimum Gasteiger partial charge on any atom is -0.385 e. The minimum atomic E-state index is -0.0544. The summed E-state index contributed by atoms with van der Waals surface area (Å²) in [4.78, 5) is 32.6. The minimum absolute atomic E-state index is 0.0544. The maximum Gasteiger partial charge on any atom is 0.262 e. The quantitative estimate of drug-likeness (QED) is 0.354. The summed E-state index contributed by atoms with van der Waals surface area (Å²) in [5.41, 5.74) is 0.622. The number of methoxy groups -OCH3 is 1. The Bertz CT molecular complexity index is 877. The van der Waals surface area contributed by atoms with Crippen molar-refractivity contribution in [2.45, 2.75) is 63.2 Å². The number of ether oxygens (including phenoxy) is 1. The Labute approximate surface area is 176 Å². The van der Waals surface area contributed by atoms with Crippen LogP contribution in [0.5, 0.6) is 0 Å². The monoisotopic (exact) mass is 417 g/mol. The van der Waals surface area contributed by atoms with Gasteiger partial charge in [-0.1, -0.05) is 43.2 Å². The molecule has 1 fully saturated rings. The Morgan fingerprint density at radius 1 is 1.28 bits per heavy atom. The van der Waals surface area contributed by atoms with Crippen LogP contribution >= 0.6 is 11.8 Å². The molecule has 1 amide bonds. The number of amides is 1. The molecule has 0 radical (unpaired) electrons. The van der Waals surface area contributed by atoms with E-state index in [4.69, 9.17) is 9.72 Å². The van der Waals surface area contributed by atoms with Crippen LogP contribution in [0, 0.1) is 0 Å². The summed E-state index contributed by atoms with van der Waals surface area (Å²) in [7, 11) is 1.65. The molecule has 0 N–H and O–H groups in total. The van der Waals surface area contributed by atoms with Gasteiger partial charge in [-0.2, -0.15) is 0 Å². The third-order valence-electron chi connectivity index (χ3n) is 5.56. The van der Waals surface area contributed by atoms with E-state index in [0.717, 1.165) is 25.8 Å². The summed E-state index contributed by atoms with van der Waals surface area (Å²) >= 11 is 1.37. The van der Waals surface area contributed by atoms with Gasteiger partial charge >= 0.3 is 0 Å². The Balaban J connectivity index is 1.79. The Hall–Kier alpha value is -1.86. The van der Waals surface area contributed by atoms with Gasteiger partial charge < -0.3 is 9.64 Å². The van der Waals surface area contributed by atoms with Crippen LogP contribution in [-0.4, -0.2) is 52.4 Å². The first-order valence-corrected chi connectivity index (χ1v) is 11.5. The molecule has 1 saturated carbocycles. The number of fused-ring (bicyclic) bond motifs is 1. The zero-order valence-corrected chi connectivity index (χ0v) is 18.2. The predicted octanol–water partition coefficient (Wildman–Crippen LogP) is 3.71. The van der Waals surface area contributed by atoms with Crippen LogP contribution in [0.2, 0.25) is 0 Å². The number of rotatable bonds is 9. The van der Waals surface area contributed by atoms with Gasteiger partial charge in [-0.05, 0) is 38.3 Å². The molecule has 0 atom stereocenters. The summed E-state index contributed by atoms with van der Waals surface area (Å²) in [6, 6.07) is 7.74. The van der Waals surface area contributed by atoms with Gasteiger partial charge in [-0.15, -0.1) is 0 Å². The lowest BCUT2D eigenvalue weighted by molar-refractivity contribution is -0.131. The second-order valence-corrected chi connectivity index (χ2v) is 8.42. The topological polar surface area (TPSA) is 64.4 Å². The summed E-state index contributed by atoms with van der Waals surface area (Å²) < 4.78 is 6.83. The molecule has 2 aromatic rings. The van der Waals surface area contributed by atoms with E-state index in [9.17, 15) is 9.59 Å². The van der Waals surface area contributed by atoms with E-state index in [2.05, 4.69) is 0 Å². The summed E-state index contributed by atoms with van der Waals surface area (Å²) in [6.45, 7) is 3.89. The van der Waals surface area contributed by atoms with E-state index in [1.807, 2.05) is 30.0 Å². The highest BCUT2D eigenvalue weighted by atomic mass is 32.2. The van der Waals surface area contributed by atoms with Crippen LogP contribution in [0.3, 0.4) is 0 Å². The number of hydrogen-bond donors (Lipinski definition) is 0. The third-order valence-corrected chi connectivity index (χ3v) is 6.52. The molecule has 0 bridgehead atoms. The van der Waals surface area contributed by atoms with Gasteiger partial charge in [0.2, 0.25) is 5.91 Å². The zero-order chi connectivity index (χ0) is 20.6. The van der Waals surface area contributed by atoms with Crippen molar-refractivity contribution in [3.63, 3.8) is 0 Å². The van der Waals surface area contributed by atoms with Crippen LogP contribution in [0.1, 0.15) is 45.4 Å². The van der Waals surface area contributed by atoms with Crippen LogP contribution in [-0.2, 0) is 16.1 Å². The average Bonchev–Trinajstić information content (AvgIpc) is 2.75. The second kappa shape index (κ2) is 10.8. The van der Waals surface area contributed by atoms with Gasteiger partial charge in [0.15, 0.2) is 5.16 Å². The molecule has 29 heavy (non-hydrogen) atoms. The first-order valence-electron chi connectivity index (χ1n) is 10.6. The lowest BCUT2D eigenvalue weighted by Gasteiger charge is -2.33. The first-order chi connectivity index (χ1) is 14.2. The highest BCUT2D eigenvalue weighted by Gasteiger charge is 2.24. The molecule has 7 heteroatoms. The van der Waals surface area contributed by atoms with Crippen LogP contribution < -0.4 is 5.56 Å². The number of aromatic nitrogens is 2. The average molecular weight is 418 g/mol. The largest absolute Gasteiger partial charge is 0.385 e. The van der Waals surface area contributed by atoms with E-state index in [0.29, 0.717) is 41.0 Å². The van der Waals surface area contributed by atoms with E-state index in [1.165, 1.54) is 31.0 Å². The van der Waals surface area contributed by atoms with Gasteiger partial charge in [-0.25, -0.2) is 4.98 Å². The Morgan fingerprint density at radius 2 is 2.03 bits per heavy atom. The van der Waals surface area contributed by atoms with Crippen molar-refractivity contribution in [2.75, 3.05) is 26.0 Å². The summed E-state index contributed by atoms with van der Waals surface area (Å²) in [6.07, 6.45) is 6.59. The number of carbonyl (C=O) groups excluding carboxylic acids is 1. The molecule has 1 aliphatic rings. The lowest BCUT2D eigenvalue weighted by atomic mass is 9.94. The number of carbonyl (C=O) groups is 1. The third kappa shape index (κ3) is 5.39. The van der Waals surface area contributed by atoms with Crippen LogP contribution in [0.4, 0.5) is 0 Å². The smallest absolute Gasteiger partial charge is 0.262 e. The fourth-order valence-corrected chi connectivity index (χ4v) is 4.97. The molecule has 6 nitrogen and oxygen atoms in total. The van der Waals surface area contributed by atoms with Gasteiger partial charge in [0.25, 0.3) is 5.56 Å². The fraction of sp³-hybridized carbons (Fsp3) is 0.591. The normalized spacial score (nSPS) is 15.0. The van der Waals surface area contributed by atoms with Gasteiger partial charge in [-0.3, -0.25) is 14.2 Å². The molecule has 0 saturated heterocycles. The molecule has 158 valence electrons. The number of thioether (sulfide) groups is 1. The Kier molecular flexibility index (Phi) is 8.12. The molecule has 3 rings (SSSR count). The summed E-state index contributed by atoms with van der Waals surface area (Å²) in [5.74, 6) is 0.439. The van der Waals surface area contributed by atoms with Crippen LogP contribution in [0.15, 0.2) is 34.2 Å². The van der Waals surface area contributed by atoms with Gasteiger partial charge in [0.05, 0.1) is 16.7 Å². The molecule has 1 aromatic carbocycles. The predicted molar refractivity (Wildman–Crippen MR) is 117 cm³/mol. The van der Waals surface area contributed by atoms with Crippen molar-refractivity contribution < 1.29 is 9.53 Å². The maximum atomic E-state index is 13.0. The number of para-hydroxylation sites is 1. The molecule has 0 aliphatic heterocycles. The fourth-order valence-electron chi connectivity index (χ4n) is 4.06. The molecular weight excluding hydrogens is 386 g/mol. The second-order valence-electron chi connectivity index (χ2n) is 7.47. The van der Waals surface area contributed by atoms with E-state index in [1.54, 1.807) is 17.7 Å². The van der Waals surface area contributed by atoms with Gasteiger partial charge in [0.1, 0.15) is 0 Å². The molecule has 0 spiro atoms. The highest BCUT2D eigenvalue weighted by molar-refractivity contribution is 7.99. The summed E-state index contributed by atoms with van der Waals surface area (Å²) in [5, 5.41) is 1.22. The highest BCUT2D eigenvalue weighted by Crippen LogP contribution is 2.24. The van der Waals surface area contributed by atoms with Crippen molar-refractivity contribution in [1.29, 1.82) is 0 Å². The SMILES string of the molecule is CCN(C(=O)CSc1nc2ccccc2c(=O)n1CCCOC)C1CCCCC1. The Morgan fingerprint density at radius 3 is 2.76 bits per heavy atom. The van der Waals surface area contributed by atoms with Crippen molar-refractivity contribution in [3.8, 4) is 0 Å². The van der Waals surface area contributed by atoms with E-state index in [-0.39, 0.29) is 11.5 Å². The van der Waals surface area contributed by atoms with Crippen molar-refractivity contribution in [3.05, 3.63) is 34.6 Å². The van der Waals surface area contributed by atoms with E-state index < -0.39 is 0 Å². The zero-order valence-electron chi connectivity index (χ0n) is 17.4. The number of benzene rings is 1.